The Labute approximate surface area is 107 Å². The third kappa shape index (κ3) is 3.34. The second-order valence-electron chi connectivity index (χ2n) is 3.80. The molecule has 5 heteroatoms. The maximum absolute atomic E-state index is 13.2. The summed E-state index contributed by atoms with van der Waals surface area (Å²) in [6, 6.07) is 7.84. The van der Waals surface area contributed by atoms with Gasteiger partial charge in [0.15, 0.2) is 24.0 Å². The highest BCUT2D eigenvalue weighted by atomic mass is 19.1. The topological polar surface area (TPSA) is 26.3 Å². The number of carbonyl (C=O) groups is 1. The summed E-state index contributed by atoms with van der Waals surface area (Å²) in [5, 5.41) is 0. The molecule has 0 fully saturated rings. The van der Waals surface area contributed by atoms with Gasteiger partial charge in [-0.05, 0) is 24.3 Å². The highest BCUT2D eigenvalue weighted by molar-refractivity contribution is 5.97. The molecule has 0 aliphatic rings. The van der Waals surface area contributed by atoms with Gasteiger partial charge in [0.05, 0.1) is 0 Å². The van der Waals surface area contributed by atoms with E-state index in [1.54, 1.807) is 0 Å². The summed E-state index contributed by atoms with van der Waals surface area (Å²) in [7, 11) is 0. The molecule has 19 heavy (non-hydrogen) atoms. The van der Waals surface area contributed by atoms with E-state index in [2.05, 4.69) is 0 Å². The van der Waals surface area contributed by atoms with E-state index >= 15 is 0 Å². The molecule has 0 heterocycles. The van der Waals surface area contributed by atoms with Crippen molar-refractivity contribution >= 4 is 5.78 Å². The summed E-state index contributed by atoms with van der Waals surface area (Å²) in [5.74, 6) is -2.90. The van der Waals surface area contributed by atoms with Crippen LogP contribution < -0.4 is 4.74 Å². The van der Waals surface area contributed by atoms with Gasteiger partial charge < -0.3 is 4.74 Å². The van der Waals surface area contributed by atoms with Crippen molar-refractivity contribution in [1.29, 1.82) is 0 Å². The van der Waals surface area contributed by atoms with Crippen LogP contribution in [0.25, 0.3) is 0 Å². The molecule has 0 aromatic heterocycles. The summed E-state index contributed by atoms with van der Waals surface area (Å²) >= 11 is 0. The van der Waals surface area contributed by atoms with E-state index in [4.69, 9.17) is 4.74 Å². The molecule has 2 aromatic rings. The van der Waals surface area contributed by atoms with E-state index in [-0.39, 0.29) is 11.3 Å². The molecule has 0 radical (unpaired) electrons. The van der Waals surface area contributed by atoms with Crippen molar-refractivity contribution in [3.63, 3.8) is 0 Å². The second kappa shape index (κ2) is 5.56. The van der Waals surface area contributed by atoms with Gasteiger partial charge in [-0.2, -0.15) is 0 Å². The van der Waals surface area contributed by atoms with Crippen molar-refractivity contribution in [3.8, 4) is 5.75 Å². The van der Waals surface area contributed by atoms with Gasteiger partial charge in [-0.25, -0.2) is 13.2 Å². The molecule has 0 N–H and O–H groups in total. The number of ether oxygens (including phenoxy) is 1. The average molecular weight is 266 g/mol. The molecule has 0 atom stereocenters. The first-order valence-corrected chi connectivity index (χ1v) is 5.43. The van der Waals surface area contributed by atoms with Crippen LogP contribution in [-0.4, -0.2) is 12.4 Å². The normalized spacial score (nSPS) is 10.3. The minimum atomic E-state index is -0.896. The van der Waals surface area contributed by atoms with Gasteiger partial charge in [0.2, 0.25) is 0 Å². The number of hydrogen-bond donors (Lipinski definition) is 0. The van der Waals surface area contributed by atoms with Crippen molar-refractivity contribution in [2.75, 3.05) is 6.61 Å². The predicted molar refractivity (Wildman–Crippen MR) is 62.6 cm³/mol. The van der Waals surface area contributed by atoms with E-state index in [0.717, 1.165) is 18.2 Å². The van der Waals surface area contributed by atoms with Gasteiger partial charge in [0.25, 0.3) is 0 Å². The fourth-order valence-corrected chi connectivity index (χ4v) is 1.48. The maximum Gasteiger partial charge on any atom is 0.200 e. The van der Waals surface area contributed by atoms with Crippen molar-refractivity contribution in [3.05, 3.63) is 65.5 Å². The molecule has 2 aromatic carbocycles. The Morgan fingerprint density at radius 3 is 2.42 bits per heavy atom. The zero-order valence-corrected chi connectivity index (χ0v) is 9.70. The Kier molecular flexibility index (Phi) is 3.85. The van der Waals surface area contributed by atoms with E-state index in [9.17, 15) is 18.0 Å². The monoisotopic (exact) mass is 266 g/mol. The van der Waals surface area contributed by atoms with Crippen LogP contribution in [0.5, 0.6) is 5.75 Å². The second-order valence-corrected chi connectivity index (χ2v) is 3.80. The van der Waals surface area contributed by atoms with Crippen LogP contribution in [-0.2, 0) is 0 Å². The van der Waals surface area contributed by atoms with Gasteiger partial charge in [-0.1, -0.05) is 12.1 Å². The highest BCUT2D eigenvalue weighted by Gasteiger charge is 2.10. The summed E-state index contributed by atoms with van der Waals surface area (Å²) in [6.07, 6.45) is 0. The molecule has 0 spiro atoms. The van der Waals surface area contributed by atoms with Crippen molar-refractivity contribution in [2.24, 2.45) is 0 Å². The van der Waals surface area contributed by atoms with Gasteiger partial charge in [-0.3, -0.25) is 4.79 Å². The molecule has 0 aliphatic heterocycles. The molecule has 0 bridgehead atoms. The first-order chi connectivity index (χ1) is 9.06. The molecule has 0 saturated heterocycles. The number of hydrogen-bond acceptors (Lipinski definition) is 2. The molecule has 2 nitrogen and oxygen atoms in total. The minimum absolute atomic E-state index is 0.127. The van der Waals surface area contributed by atoms with Crippen molar-refractivity contribution in [1.82, 2.24) is 0 Å². The largest absolute Gasteiger partial charge is 0.482 e. The van der Waals surface area contributed by atoms with Crippen LogP contribution in [0.4, 0.5) is 13.2 Å². The van der Waals surface area contributed by atoms with E-state index < -0.39 is 29.8 Å². The van der Waals surface area contributed by atoms with Crippen molar-refractivity contribution < 1.29 is 22.7 Å². The van der Waals surface area contributed by atoms with Gasteiger partial charge in [0, 0.05) is 11.6 Å². The van der Waals surface area contributed by atoms with E-state index in [1.165, 1.54) is 18.2 Å². The standard InChI is InChI=1S/C14H9F3O2/c15-10-3-1-2-9(6-10)13(18)8-19-14-5-4-11(16)7-12(14)17/h1-7H,8H2. The average Bonchev–Trinajstić information content (AvgIpc) is 2.37. The Morgan fingerprint density at radius 1 is 1.00 bits per heavy atom. The van der Waals surface area contributed by atoms with Gasteiger partial charge in [0.1, 0.15) is 11.6 Å². The lowest BCUT2D eigenvalue weighted by molar-refractivity contribution is 0.0918. The zero-order chi connectivity index (χ0) is 13.8. The SMILES string of the molecule is O=C(COc1ccc(F)cc1F)c1cccc(F)c1. The van der Waals surface area contributed by atoms with E-state index in [1.807, 2.05) is 0 Å². The number of ketones is 1. The lowest BCUT2D eigenvalue weighted by Crippen LogP contribution is -2.12. The number of carbonyl (C=O) groups excluding carboxylic acids is 1. The molecule has 2 rings (SSSR count). The fraction of sp³-hybridized carbons (Fsp3) is 0.0714. The fourth-order valence-electron chi connectivity index (χ4n) is 1.48. The van der Waals surface area contributed by atoms with Crippen LogP contribution in [0, 0.1) is 17.5 Å². The third-order valence-corrected chi connectivity index (χ3v) is 2.40. The molecule has 0 saturated carbocycles. The van der Waals surface area contributed by atoms with Crippen molar-refractivity contribution in [2.45, 2.75) is 0 Å². The zero-order valence-electron chi connectivity index (χ0n) is 9.70. The molecule has 98 valence electrons. The van der Waals surface area contributed by atoms with Crippen LogP contribution in [0.15, 0.2) is 42.5 Å². The van der Waals surface area contributed by atoms with Crippen LogP contribution >= 0.6 is 0 Å². The number of halogens is 3. The predicted octanol–water partition coefficient (Wildman–Crippen LogP) is 3.37. The summed E-state index contributed by atoms with van der Waals surface area (Å²) < 4.78 is 43.7. The first kappa shape index (κ1) is 13.1. The Bertz CT molecular complexity index is 611. The Balaban J connectivity index is 2.04. The lowest BCUT2D eigenvalue weighted by Gasteiger charge is -2.06. The first-order valence-electron chi connectivity index (χ1n) is 5.43. The molecule has 0 amide bonds. The summed E-state index contributed by atoms with van der Waals surface area (Å²) in [6.45, 7) is -0.452. The lowest BCUT2D eigenvalue weighted by atomic mass is 10.1. The van der Waals surface area contributed by atoms with E-state index in [0.29, 0.717) is 6.07 Å². The summed E-state index contributed by atoms with van der Waals surface area (Å²) in [5.41, 5.74) is 0.127. The minimum Gasteiger partial charge on any atom is -0.482 e. The van der Waals surface area contributed by atoms with Crippen LogP contribution in [0.2, 0.25) is 0 Å². The highest BCUT2D eigenvalue weighted by Crippen LogP contribution is 2.18. The quantitative estimate of drug-likeness (QED) is 0.793. The molecule has 0 unspecified atom stereocenters. The van der Waals surface area contributed by atoms with Crippen LogP contribution in [0.1, 0.15) is 10.4 Å². The smallest absolute Gasteiger partial charge is 0.200 e. The number of rotatable bonds is 4. The molecular weight excluding hydrogens is 257 g/mol. The van der Waals surface area contributed by atoms with Crippen LogP contribution in [0.3, 0.4) is 0 Å². The Hall–Kier alpha value is -2.30. The van der Waals surface area contributed by atoms with Gasteiger partial charge >= 0.3 is 0 Å². The number of benzene rings is 2. The summed E-state index contributed by atoms with van der Waals surface area (Å²) in [4.78, 5) is 11.7. The van der Waals surface area contributed by atoms with Gasteiger partial charge in [-0.15, -0.1) is 0 Å². The number of Topliss-reactive ketones (excluding diaryl/α,β-unsaturated/α-hetero) is 1. The maximum atomic E-state index is 13.2. The molecule has 0 aliphatic carbocycles. The molecular formula is C14H9F3O2. The third-order valence-electron chi connectivity index (χ3n) is 2.40. The Morgan fingerprint density at radius 2 is 1.74 bits per heavy atom.